The molecule has 6 aliphatic heterocycles. The predicted molar refractivity (Wildman–Crippen MR) is 533 cm³/mol. The molecule has 0 radical (unpaired) electrons. The van der Waals surface area contributed by atoms with Gasteiger partial charge in [0.1, 0.15) is 34.5 Å². The SMILES string of the molecule is COc1cc(C(=O)/C=C/c2cc(O)c3c(c2)OCO3)cc(OC)c1O.COc1cc(OC)cc(C(=O)/C=C/c2cc(O)c3c(c2)OCO3)c1.COc1ccc(C(=O)/C=C/c2cc(O)c3c(c2)OCO3)c(OC)c1.COc1ccc(C(=O)/C=C/c2cc(O)c3c(c2)OCO3)c(OC)c1O.COc1ccc(C(=O)/C=C/c2cc(O)c3c(c2)OCO3)c(OC)c1OC.COc1ccc(OC)c(C(=O)/C=C/c2cc(O)c3c(c2)OCO3)c1. The van der Waals surface area contributed by atoms with Crippen LogP contribution < -0.4 is 118 Å². The number of carbonyl (C=O) groups is 6. The summed E-state index contributed by atoms with van der Waals surface area (Å²) in [4.78, 5) is 74.6. The van der Waals surface area contributed by atoms with Crippen molar-refractivity contribution in [2.24, 2.45) is 0 Å². The van der Waals surface area contributed by atoms with Crippen LogP contribution in [0.15, 0.2) is 200 Å². The molecule has 0 spiro atoms. The lowest BCUT2D eigenvalue weighted by atomic mass is 10.1. The second-order valence-electron chi connectivity index (χ2n) is 30.9. The van der Waals surface area contributed by atoms with Crippen molar-refractivity contribution in [3.05, 3.63) is 267 Å². The van der Waals surface area contributed by atoms with Gasteiger partial charge in [-0.3, -0.25) is 28.8 Å². The molecular weight excluding hydrogens is 1930 g/mol. The molecule has 6 aliphatic rings. The molecule has 148 heavy (non-hydrogen) atoms. The second kappa shape index (κ2) is 49.3. The Bertz CT molecular complexity index is 7140. The van der Waals surface area contributed by atoms with Gasteiger partial charge in [-0.05, 0) is 221 Å². The minimum Gasteiger partial charge on any atom is -0.504 e. The zero-order chi connectivity index (χ0) is 106. The molecule has 0 saturated heterocycles. The summed E-state index contributed by atoms with van der Waals surface area (Å²) in [5.41, 5.74) is 5.63. The lowest BCUT2D eigenvalue weighted by molar-refractivity contribution is 0.103. The summed E-state index contributed by atoms with van der Waals surface area (Å²) >= 11 is 0. The number of carbonyl (C=O) groups excluding carboxylic acids is 6. The summed E-state index contributed by atoms with van der Waals surface area (Å²) in [5, 5.41) is 79.3. The smallest absolute Gasteiger partial charge is 0.231 e. The Labute approximate surface area is 845 Å². The highest BCUT2D eigenvalue weighted by molar-refractivity contribution is 6.12. The summed E-state index contributed by atoms with van der Waals surface area (Å²) in [6.45, 7) is 0.337. The number of rotatable bonds is 31. The molecule has 0 aliphatic carbocycles. The molecule has 0 unspecified atom stereocenters. The van der Waals surface area contributed by atoms with Crippen molar-refractivity contribution in [2.45, 2.75) is 0 Å². The van der Waals surface area contributed by atoms with Crippen LogP contribution in [0.2, 0.25) is 0 Å². The van der Waals surface area contributed by atoms with Gasteiger partial charge < -0.3 is 159 Å². The van der Waals surface area contributed by atoms with E-state index in [0.717, 1.165) is 0 Å². The number of benzene rings is 12. The van der Waals surface area contributed by atoms with E-state index in [2.05, 4.69) is 0 Å². The average Bonchev–Trinajstić information content (AvgIpc) is 1.22. The van der Waals surface area contributed by atoms with Gasteiger partial charge in [0.05, 0.1) is 115 Å². The first-order valence-corrected chi connectivity index (χ1v) is 44.0. The zero-order valence-electron chi connectivity index (χ0n) is 81.5. The van der Waals surface area contributed by atoms with E-state index in [1.54, 1.807) is 135 Å². The number of hydrogen-bond acceptors (Lipinski definition) is 39. The third-order valence-corrected chi connectivity index (χ3v) is 21.9. The van der Waals surface area contributed by atoms with Crippen molar-refractivity contribution >= 4 is 71.2 Å². The number of phenols is 8. The summed E-state index contributed by atoms with van der Waals surface area (Å²) in [7, 11) is 19.1. The van der Waals surface area contributed by atoms with Crippen molar-refractivity contribution < 1.29 is 188 Å². The molecule has 768 valence electrons. The van der Waals surface area contributed by atoms with E-state index < -0.39 is 0 Å². The second-order valence-corrected chi connectivity index (χ2v) is 30.9. The highest BCUT2D eigenvalue weighted by atomic mass is 16.7. The molecule has 0 saturated carbocycles. The monoisotopic (exact) mass is 2030 g/mol. The van der Waals surface area contributed by atoms with Crippen LogP contribution in [0.3, 0.4) is 0 Å². The van der Waals surface area contributed by atoms with Gasteiger partial charge in [0.15, 0.2) is 138 Å². The van der Waals surface area contributed by atoms with Gasteiger partial charge in [0.25, 0.3) is 0 Å². The largest absolute Gasteiger partial charge is 0.504 e. The van der Waals surface area contributed by atoms with E-state index >= 15 is 0 Å². The fourth-order valence-corrected chi connectivity index (χ4v) is 14.6. The van der Waals surface area contributed by atoms with Gasteiger partial charge in [0.2, 0.25) is 92.5 Å². The molecule has 0 bridgehead atoms. The molecule has 0 amide bonds. The minimum absolute atomic E-state index is 0.0276. The van der Waals surface area contributed by atoms with E-state index in [1.807, 2.05) is 0 Å². The Morgan fingerprint density at radius 1 is 0.209 bits per heavy atom. The van der Waals surface area contributed by atoms with E-state index in [9.17, 15) is 69.6 Å². The maximum Gasteiger partial charge on any atom is 0.231 e. The highest BCUT2D eigenvalue weighted by Crippen LogP contribution is 2.50. The minimum atomic E-state index is -0.382. The lowest BCUT2D eigenvalue weighted by Crippen LogP contribution is -2.02. The maximum absolute atomic E-state index is 12.6. The lowest BCUT2D eigenvalue weighted by Gasteiger charge is -2.14. The van der Waals surface area contributed by atoms with Gasteiger partial charge in [-0.2, -0.15) is 0 Å². The molecule has 0 fully saturated rings. The van der Waals surface area contributed by atoms with Crippen LogP contribution >= 0.6 is 0 Å². The number of ether oxygens (including phenoxy) is 25. The van der Waals surface area contributed by atoms with E-state index in [0.29, 0.717) is 159 Å². The molecule has 12 aromatic rings. The number of hydrogen-bond donors (Lipinski definition) is 8. The summed E-state index contributed by atoms with van der Waals surface area (Å²) in [5.74, 6) is 6.76. The van der Waals surface area contributed by atoms with Gasteiger partial charge >= 0.3 is 0 Å². The van der Waals surface area contributed by atoms with Crippen molar-refractivity contribution in [1.82, 2.24) is 0 Å². The van der Waals surface area contributed by atoms with E-state index in [-0.39, 0.29) is 173 Å². The fraction of sp³-hybridized carbons (Fsp3) is 0.174. The van der Waals surface area contributed by atoms with Crippen molar-refractivity contribution in [2.75, 3.05) is 133 Å². The standard InChI is InChI=1S/C19H18O7.2C18H16O7.3C18H16O6/c1-22-15-7-5-12(17(23-2)19(15)24-3)13(20)6-4-11-8-14(21)18-16(9-11)25-10-26-18;1-22-14-6-4-11(17(23-2)16(14)21)12(19)5-3-10-7-13(20)18-15(8-10)24-9-25-18;1-22-14-7-11(8-15(23-2)17(14)21)12(19)4-3-10-5-13(20)18-16(6-10)24-9-25-18;1-21-12-4-5-13(16(9-12)22-2)14(19)6-3-11-7-15(20)18-17(8-11)23-10-24-18;1-21-12-4-6-16(22-2)13(9-12)14(19)5-3-11-7-15(20)18-17(8-11)23-10-24-18;1-21-13-7-12(8-14(9-13)22-2)15(19)4-3-11-5-16(20)18-17(6-11)23-10-24-18/h4-9,21H,10H2,1-3H3;2*3-8,20-21H,9H2,1-2H3;3*3-9,20H,10H2,1-2H3/b6-4+;5-3+;4-3+;6-3+;5-3+;4-3+. The van der Waals surface area contributed by atoms with Crippen molar-refractivity contribution in [3.8, 4) is 190 Å². The number of aromatic hydroxyl groups is 8. The number of methoxy groups -OCH3 is 13. The van der Waals surface area contributed by atoms with Gasteiger partial charge in [-0.1, -0.05) is 36.5 Å². The number of allylic oxidation sites excluding steroid dienone is 6. The Balaban J connectivity index is 0.000000148. The first kappa shape index (κ1) is 106. The van der Waals surface area contributed by atoms with Gasteiger partial charge in [-0.15, -0.1) is 0 Å². The van der Waals surface area contributed by atoms with Crippen LogP contribution in [0, 0.1) is 0 Å². The van der Waals surface area contributed by atoms with Crippen molar-refractivity contribution in [3.63, 3.8) is 0 Å². The van der Waals surface area contributed by atoms with E-state index in [1.165, 1.54) is 195 Å². The molecule has 6 heterocycles. The highest BCUT2D eigenvalue weighted by Gasteiger charge is 2.29. The Morgan fingerprint density at radius 3 is 0.797 bits per heavy atom. The van der Waals surface area contributed by atoms with Crippen LogP contribution in [0.4, 0.5) is 0 Å². The number of phenolic OH excluding ortho intramolecular Hbond substituents is 8. The van der Waals surface area contributed by atoms with Crippen LogP contribution in [-0.4, -0.2) is 209 Å². The third-order valence-electron chi connectivity index (χ3n) is 21.9. The first-order chi connectivity index (χ1) is 71.5. The average molecular weight is 2030 g/mol. The summed E-state index contributed by atoms with van der Waals surface area (Å²) in [6.07, 6.45) is 17.6. The van der Waals surface area contributed by atoms with Gasteiger partial charge in [0, 0.05) is 23.3 Å². The summed E-state index contributed by atoms with van der Waals surface area (Å²) in [6, 6.07) is 43.0. The van der Waals surface area contributed by atoms with Gasteiger partial charge in [-0.25, -0.2) is 0 Å². The maximum atomic E-state index is 12.6. The number of fused-ring (bicyclic) bond motifs is 6. The van der Waals surface area contributed by atoms with Crippen molar-refractivity contribution in [1.29, 1.82) is 0 Å². The molecule has 39 heteroatoms. The predicted octanol–water partition coefficient (Wildman–Crippen LogP) is 17.6. The summed E-state index contributed by atoms with van der Waals surface area (Å²) < 4.78 is 129. The molecule has 8 N–H and O–H groups in total. The van der Waals surface area contributed by atoms with Crippen LogP contribution in [0.25, 0.3) is 36.5 Å². The Hall–Kier alpha value is -19.5. The molecule has 0 atom stereocenters. The van der Waals surface area contributed by atoms with E-state index in [4.69, 9.17) is 118 Å². The number of ketones is 6. The third kappa shape index (κ3) is 25.3. The Kier molecular flexibility index (Phi) is 35.2. The molecule has 18 rings (SSSR count). The molecular formula is C109H98O39. The first-order valence-electron chi connectivity index (χ1n) is 44.0. The zero-order valence-corrected chi connectivity index (χ0v) is 81.5. The topological polar surface area (TPSA) is 495 Å². The van der Waals surface area contributed by atoms with Crippen LogP contribution in [0.5, 0.6) is 190 Å². The quantitative estimate of drug-likeness (QED) is 0.0148. The van der Waals surface area contributed by atoms with Crippen LogP contribution in [-0.2, 0) is 0 Å². The molecule has 39 nitrogen and oxygen atoms in total. The Morgan fingerprint density at radius 2 is 0.480 bits per heavy atom. The molecule has 0 aromatic heterocycles. The fourth-order valence-electron chi connectivity index (χ4n) is 14.6. The molecule has 12 aromatic carbocycles. The van der Waals surface area contributed by atoms with Crippen LogP contribution in [0.1, 0.15) is 95.5 Å². The normalized spacial score (nSPS) is 12.4.